The molecule has 0 atom stereocenters. The summed E-state index contributed by atoms with van der Waals surface area (Å²) >= 11 is 0. The van der Waals surface area contributed by atoms with E-state index in [-0.39, 0.29) is 30.8 Å². The number of ether oxygens (including phenoxy) is 1. The molecule has 7 nitrogen and oxygen atoms in total. The van der Waals surface area contributed by atoms with Crippen LogP contribution in [-0.4, -0.2) is 30.8 Å². The van der Waals surface area contributed by atoms with E-state index in [1.54, 1.807) is 24.3 Å². The van der Waals surface area contributed by atoms with Crippen LogP contribution < -0.4 is 20.7 Å². The summed E-state index contributed by atoms with van der Waals surface area (Å²) in [6, 6.07) is 26.5. The van der Waals surface area contributed by atoms with Crippen molar-refractivity contribution < 1.29 is 23.5 Å². The number of amides is 3. The molecule has 3 amide bonds. The maximum Gasteiger partial charge on any atom is 0.255 e. The van der Waals surface area contributed by atoms with Crippen molar-refractivity contribution in [2.24, 2.45) is 0 Å². The number of fused-ring (bicyclic) bond motifs is 2. The molecule has 0 aromatic heterocycles. The van der Waals surface area contributed by atoms with E-state index in [0.29, 0.717) is 28.3 Å². The fourth-order valence-electron chi connectivity index (χ4n) is 4.27. The molecule has 0 unspecified atom stereocenters. The van der Waals surface area contributed by atoms with Gasteiger partial charge in [0.1, 0.15) is 17.3 Å². The van der Waals surface area contributed by atoms with Crippen LogP contribution >= 0.6 is 0 Å². The van der Waals surface area contributed by atoms with Crippen molar-refractivity contribution in [2.45, 2.75) is 5.92 Å². The first kappa shape index (κ1) is 24.7. The minimum atomic E-state index is -0.510. The van der Waals surface area contributed by atoms with Crippen LogP contribution in [0, 0.1) is 5.82 Å². The van der Waals surface area contributed by atoms with Crippen molar-refractivity contribution in [3.63, 3.8) is 0 Å². The average Bonchev–Trinajstić information content (AvgIpc) is 2.94. The van der Waals surface area contributed by atoms with Gasteiger partial charge in [-0.25, -0.2) is 4.39 Å². The molecule has 3 N–H and O–H groups in total. The van der Waals surface area contributed by atoms with Crippen molar-refractivity contribution in [2.75, 3.05) is 18.4 Å². The zero-order valence-electron chi connectivity index (χ0n) is 20.2. The molecule has 0 radical (unpaired) electrons. The Hall–Kier alpha value is -4.98. The highest BCUT2D eigenvalue weighted by atomic mass is 19.1. The number of hydrogen-bond donors (Lipinski definition) is 3. The van der Waals surface area contributed by atoms with Crippen LogP contribution in [0.15, 0.2) is 97.1 Å². The minimum absolute atomic E-state index is 0.177. The quantitative estimate of drug-likeness (QED) is 0.310. The topological polar surface area (TPSA) is 96.5 Å². The number of hydrogen-bond acceptors (Lipinski definition) is 4. The number of anilines is 1. The van der Waals surface area contributed by atoms with Gasteiger partial charge in [0.25, 0.3) is 11.8 Å². The SMILES string of the molecule is O=C(NCCNC(=O)C1c2ccccc2Oc2ccccc21)c1ccc(NC(=O)c2ccc(F)cc2)cc1. The van der Waals surface area contributed by atoms with Crippen LogP contribution in [0.5, 0.6) is 11.5 Å². The van der Waals surface area contributed by atoms with E-state index < -0.39 is 11.7 Å². The Morgan fingerprint density at radius 3 is 1.82 bits per heavy atom. The van der Waals surface area contributed by atoms with E-state index in [4.69, 9.17) is 4.74 Å². The van der Waals surface area contributed by atoms with Gasteiger partial charge in [-0.3, -0.25) is 14.4 Å². The van der Waals surface area contributed by atoms with Crippen LogP contribution in [0.3, 0.4) is 0 Å². The Bertz CT molecular complexity index is 1440. The van der Waals surface area contributed by atoms with Gasteiger partial charge in [-0.15, -0.1) is 0 Å². The van der Waals surface area contributed by atoms with Crippen molar-refractivity contribution in [1.29, 1.82) is 0 Å². The summed E-state index contributed by atoms with van der Waals surface area (Å²) in [7, 11) is 0. The molecule has 0 saturated carbocycles. The summed E-state index contributed by atoms with van der Waals surface area (Å²) in [4.78, 5) is 38.0. The van der Waals surface area contributed by atoms with Crippen LogP contribution in [0.4, 0.5) is 10.1 Å². The normalized spacial score (nSPS) is 11.9. The number of benzene rings is 4. The van der Waals surface area contributed by atoms with E-state index in [2.05, 4.69) is 16.0 Å². The standard InChI is InChI=1S/C30H24FN3O4/c31-21-13-9-20(10-14-21)29(36)34-22-15-11-19(12-16-22)28(35)32-17-18-33-30(37)27-23-5-1-3-7-25(23)38-26-8-4-2-6-24(26)27/h1-16,27H,17-18H2,(H,32,35)(H,33,37)(H,34,36). The van der Waals surface area contributed by atoms with Gasteiger partial charge in [0.15, 0.2) is 0 Å². The molecule has 38 heavy (non-hydrogen) atoms. The first-order chi connectivity index (χ1) is 18.5. The monoisotopic (exact) mass is 509 g/mol. The number of carbonyl (C=O) groups is 3. The molecule has 4 aromatic rings. The summed E-state index contributed by atoms with van der Waals surface area (Å²) in [6.07, 6.45) is 0. The lowest BCUT2D eigenvalue weighted by Gasteiger charge is -2.27. The second-order valence-corrected chi connectivity index (χ2v) is 8.70. The summed E-state index contributed by atoms with van der Waals surface area (Å²) in [6.45, 7) is 0.484. The maximum atomic E-state index is 13.2. The van der Waals surface area contributed by atoms with E-state index >= 15 is 0 Å². The summed E-state index contributed by atoms with van der Waals surface area (Å²) < 4.78 is 19.0. The van der Waals surface area contributed by atoms with Crippen molar-refractivity contribution >= 4 is 23.4 Å². The molecule has 0 fully saturated rings. The van der Waals surface area contributed by atoms with Crippen molar-refractivity contribution in [3.05, 3.63) is 125 Å². The number of para-hydroxylation sites is 2. The molecule has 1 aliphatic rings. The predicted octanol–water partition coefficient (Wildman–Crippen LogP) is 4.86. The highest BCUT2D eigenvalue weighted by molar-refractivity contribution is 6.04. The molecule has 0 saturated heterocycles. The fraction of sp³-hybridized carbons (Fsp3) is 0.100. The molecule has 1 aliphatic heterocycles. The summed E-state index contributed by atoms with van der Waals surface area (Å²) in [5.41, 5.74) is 2.81. The largest absolute Gasteiger partial charge is 0.457 e. The Balaban J connectivity index is 1.13. The Morgan fingerprint density at radius 1 is 0.658 bits per heavy atom. The third-order valence-corrected chi connectivity index (χ3v) is 6.16. The molecule has 1 heterocycles. The predicted molar refractivity (Wildman–Crippen MR) is 141 cm³/mol. The molecule has 5 rings (SSSR count). The van der Waals surface area contributed by atoms with Crippen LogP contribution in [0.25, 0.3) is 0 Å². The fourth-order valence-corrected chi connectivity index (χ4v) is 4.27. The zero-order chi connectivity index (χ0) is 26.5. The van der Waals surface area contributed by atoms with Gasteiger partial charge in [0.05, 0.1) is 5.92 Å². The maximum absolute atomic E-state index is 13.2. The Kier molecular flexibility index (Phi) is 7.13. The van der Waals surface area contributed by atoms with Crippen LogP contribution in [0.2, 0.25) is 0 Å². The van der Waals surface area contributed by atoms with Gasteiger partial charge in [-0.05, 0) is 60.7 Å². The van der Waals surface area contributed by atoms with E-state index in [1.807, 2.05) is 48.5 Å². The first-order valence-corrected chi connectivity index (χ1v) is 12.1. The Labute approximate surface area is 218 Å². The molecule has 190 valence electrons. The lowest BCUT2D eigenvalue weighted by atomic mass is 9.87. The number of carbonyl (C=O) groups excluding carboxylic acids is 3. The molecule has 0 spiro atoms. The lowest BCUT2D eigenvalue weighted by molar-refractivity contribution is -0.121. The second-order valence-electron chi connectivity index (χ2n) is 8.70. The van der Waals surface area contributed by atoms with Gasteiger partial charge >= 0.3 is 0 Å². The number of rotatable bonds is 7. The number of nitrogens with one attached hydrogen (secondary N) is 3. The third-order valence-electron chi connectivity index (χ3n) is 6.16. The smallest absolute Gasteiger partial charge is 0.255 e. The molecule has 0 aliphatic carbocycles. The van der Waals surface area contributed by atoms with Gasteiger partial charge in [0, 0.05) is 41.0 Å². The zero-order valence-corrected chi connectivity index (χ0v) is 20.2. The van der Waals surface area contributed by atoms with Gasteiger partial charge < -0.3 is 20.7 Å². The van der Waals surface area contributed by atoms with Crippen molar-refractivity contribution in [3.8, 4) is 11.5 Å². The minimum Gasteiger partial charge on any atom is -0.457 e. The van der Waals surface area contributed by atoms with E-state index in [0.717, 1.165) is 11.1 Å². The van der Waals surface area contributed by atoms with Gasteiger partial charge in [-0.1, -0.05) is 36.4 Å². The van der Waals surface area contributed by atoms with Crippen LogP contribution in [-0.2, 0) is 4.79 Å². The summed E-state index contributed by atoms with van der Waals surface area (Å²) in [5, 5.41) is 8.40. The highest BCUT2D eigenvalue weighted by Gasteiger charge is 2.32. The van der Waals surface area contributed by atoms with Gasteiger partial charge in [0.2, 0.25) is 5.91 Å². The number of halogens is 1. The van der Waals surface area contributed by atoms with Crippen LogP contribution in [0.1, 0.15) is 37.8 Å². The third kappa shape index (κ3) is 5.39. The first-order valence-electron chi connectivity index (χ1n) is 12.1. The molecule has 0 bridgehead atoms. The van der Waals surface area contributed by atoms with E-state index in [1.165, 1.54) is 24.3 Å². The highest BCUT2D eigenvalue weighted by Crippen LogP contribution is 2.43. The lowest BCUT2D eigenvalue weighted by Crippen LogP contribution is -2.37. The van der Waals surface area contributed by atoms with Crippen molar-refractivity contribution in [1.82, 2.24) is 10.6 Å². The van der Waals surface area contributed by atoms with E-state index in [9.17, 15) is 18.8 Å². The molecular formula is C30H24FN3O4. The summed E-state index contributed by atoms with van der Waals surface area (Å²) in [5.74, 6) is -0.497. The van der Waals surface area contributed by atoms with Gasteiger partial charge in [-0.2, -0.15) is 0 Å². The molecule has 8 heteroatoms. The molecular weight excluding hydrogens is 485 g/mol. The average molecular weight is 510 g/mol. The Morgan fingerprint density at radius 2 is 1.18 bits per heavy atom. The second kappa shape index (κ2) is 11.0. The molecule has 4 aromatic carbocycles.